The number of halogens is 1. The first-order chi connectivity index (χ1) is 13.2. The SMILES string of the molecule is C=CC(=O)N(C=NC)c1ccc(C)cc1.CSc1nc(Cl)cc(N(C)C)c1C. The summed E-state index contributed by atoms with van der Waals surface area (Å²) in [5.74, 6) is -0.190. The van der Waals surface area contributed by atoms with Crippen LogP contribution in [0, 0.1) is 13.8 Å². The lowest BCUT2D eigenvalue weighted by atomic mass is 10.2. The van der Waals surface area contributed by atoms with Crippen LogP contribution in [-0.2, 0) is 4.79 Å². The van der Waals surface area contributed by atoms with Crippen LogP contribution in [0.15, 0.2) is 53.0 Å². The number of carbonyl (C=O) groups is 1. The summed E-state index contributed by atoms with van der Waals surface area (Å²) in [5, 5.41) is 1.55. The van der Waals surface area contributed by atoms with Gasteiger partial charge in [0.2, 0.25) is 0 Å². The van der Waals surface area contributed by atoms with Crippen LogP contribution in [0.4, 0.5) is 11.4 Å². The first-order valence-corrected chi connectivity index (χ1v) is 10.2. The molecule has 0 saturated heterocycles. The van der Waals surface area contributed by atoms with Crippen molar-refractivity contribution >= 4 is 47.0 Å². The van der Waals surface area contributed by atoms with E-state index < -0.39 is 0 Å². The van der Waals surface area contributed by atoms with Crippen LogP contribution in [0.3, 0.4) is 0 Å². The van der Waals surface area contributed by atoms with E-state index in [1.165, 1.54) is 22.9 Å². The summed E-state index contributed by atoms with van der Waals surface area (Å²) in [4.78, 5) is 23.1. The number of benzene rings is 1. The van der Waals surface area contributed by atoms with Crippen LogP contribution >= 0.6 is 23.4 Å². The van der Waals surface area contributed by atoms with Crippen LogP contribution in [0.2, 0.25) is 5.15 Å². The van der Waals surface area contributed by atoms with Crippen molar-refractivity contribution in [3.8, 4) is 0 Å². The van der Waals surface area contributed by atoms with Gasteiger partial charge in [-0.25, -0.2) is 4.98 Å². The first-order valence-electron chi connectivity index (χ1n) is 8.58. The molecule has 0 saturated carbocycles. The third-order valence-electron chi connectivity index (χ3n) is 3.80. The van der Waals surface area contributed by atoms with Crippen molar-refractivity contribution in [1.29, 1.82) is 0 Å². The van der Waals surface area contributed by atoms with Gasteiger partial charge < -0.3 is 4.90 Å². The van der Waals surface area contributed by atoms with Crippen molar-refractivity contribution in [2.24, 2.45) is 4.99 Å². The van der Waals surface area contributed by atoms with Gasteiger partial charge in [-0.05, 0) is 44.4 Å². The molecule has 0 N–H and O–H groups in total. The molecular formula is C21H27ClN4OS. The monoisotopic (exact) mass is 418 g/mol. The van der Waals surface area contributed by atoms with Crippen LogP contribution < -0.4 is 9.80 Å². The van der Waals surface area contributed by atoms with E-state index in [-0.39, 0.29) is 5.91 Å². The van der Waals surface area contributed by atoms with Crippen LogP contribution in [0.5, 0.6) is 0 Å². The van der Waals surface area contributed by atoms with E-state index in [4.69, 9.17) is 11.6 Å². The van der Waals surface area contributed by atoms with E-state index in [2.05, 4.69) is 23.5 Å². The molecule has 0 spiro atoms. The van der Waals surface area contributed by atoms with Gasteiger partial charge in [-0.15, -0.1) is 11.8 Å². The Morgan fingerprint density at radius 1 is 1.25 bits per heavy atom. The van der Waals surface area contributed by atoms with Crippen LogP contribution in [0.1, 0.15) is 11.1 Å². The predicted octanol–water partition coefficient (Wildman–Crippen LogP) is 5.00. The lowest BCUT2D eigenvalue weighted by Crippen LogP contribution is -2.27. The molecule has 2 rings (SSSR count). The molecule has 1 heterocycles. The number of carbonyl (C=O) groups excluding carboxylic acids is 1. The summed E-state index contributed by atoms with van der Waals surface area (Å²) in [7, 11) is 5.63. The van der Waals surface area contributed by atoms with Crippen molar-refractivity contribution in [2.75, 3.05) is 37.2 Å². The highest BCUT2D eigenvalue weighted by Crippen LogP contribution is 2.28. The Hall–Kier alpha value is -2.31. The van der Waals surface area contributed by atoms with E-state index in [0.29, 0.717) is 5.15 Å². The Labute approximate surface area is 177 Å². The number of hydrogen-bond acceptors (Lipinski definition) is 5. The molecule has 1 aromatic heterocycles. The van der Waals surface area contributed by atoms with Gasteiger partial charge in [0.05, 0.1) is 12.0 Å². The summed E-state index contributed by atoms with van der Waals surface area (Å²) >= 11 is 7.51. The van der Waals surface area contributed by atoms with Gasteiger partial charge in [0.25, 0.3) is 5.91 Å². The molecule has 0 fully saturated rings. The number of aliphatic imine (C=N–C) groups is 1. The fourth-order valence-corrected chi connectivity index (χ4v) is 3.22. The zero-order chi connectivity index (χ0) is 21.3. The Kier molecular flexibility index (Phi) is 9.76. The van der Waals surface area contributed by atoms with E-state index in [9.17, 15) is 4.79 Å². The number of pyridine rings is 1. The van der Waals surface area contributed by atoms with Crippen LogP contribution in [0.25, 0.3) is 0 Å². The topological polar surface area (TPSA) is 48.8 Å². The summed E-state index contributed by atoms with van der Waals surface area (Å²) in [5.41, 5.74) is 4.25. The number of hydrogen-bond donors (Lipinski definition) is 0. The Balaban J connectivity index is 0.000000283. The number of aryl methyl sites for hydroxylation is 1. The maximum atomic E-state index is 11.5. The van der Waals surface area contributed by atoms with Crippen molar-refractivity contribution in [2.45, 2.75) is 18.9 Å². The second-order valence-electron chi connectivity index (χ2n) is 6.11. The minimum atomic E-state index is -0.190. The van der Waals surface area contributed by atoms with Crippen molar-refractivity contribution in [3.05, 3.63) is 59.3 Å². The van der Waals surface area contributed by atoms with Gasteiger partial charge in [-0.2, -0.15) is 0 Å². The second-order valence-corrected chi connectivity index (χ2v) is 7.30. The number of rotatable bonds is 5. The average molecular weight is 419 g/mol. The zero-order valence-electron chi connectivity index (χ0n) is 17.2. The first kappa shape index (κ1) is 23.7. The molecule has 150 valence electrons. The minimum absolute atomic E-state index is 0.190. The zero-order valence-corrected chi connectivity index (χ0v) is 18.8. The highest BCUT2D eigenvalue weighted by atomic mass is 35.5. The Morgan fingerprint density at radius 2 is 1.86 bits per heavy atom. The second kappa shape index (κ2) is 11.5. The van der Waals surface area contributed by atoms with E-state index in [1.54, 1.807) is 18.8 Å². The lowest BCUT2D eigenvalue weighted by molar-refractivity contribution is -0.113. The fourth-order valence-electron chi connectivity index (χ4n) is 2.38. The van der Waals surface area contributed by atoms with Crippen molar-refractivity contribution in [3.63, 3.8) is 0 Å². The average Bonchev–Trinajstić information content (AvgIpc) is 2.68. The molecule has 2 aromatic rings. The molecular weight excluding hydrogens is 392 g/mol. The molecule has 1 aromatic carbocycles. The van der Waals surface area contributed by atoms with Crippen molar-refractivity contribution in [1.82, 2.24) is 4.98 Å². The number of aromatic nitrogens is 1. The molecule has 0 aliphatic heterocycles. The number of thioether (sulfide) groups is 1. The maximum Gasteiger partial charge on any atom is 0.255 e. The minimum Gasteiger partial charge on any atom is -0.377 e. The molecule has 0 atom stereocenters. The molecule has 1 amide bonds. The van der Waals surface area contributed by atoms with Gasteiger partial charge in [0.15, 0.2) is 0 Å². The molecule has 0 aliphatic rings. The normalized spacial score (nSPS) is 10.2. The van der Waals surface area contributed by atoms with Crippen LogP contribution in [-0.4, -0.2) is 44.6 Å². The molecule has 0 bridgehead atoms. The quantitative estimate of drug-likeness (QED) is 0.225. The number of anilines is 2. The highest BCUT2D eigenvalue weighted by Gasteiger charge is 2.09. The molecule has 5 nitrogen and oxygen atoms in total. The van der Waals surface area contributed by atoms with E-state index in [1.807, 2.05) is 62.5 Å². The van der Waals surface area contributed by atoms with Gasteiger partial charge in [0, 0.05) is 32.4 Å². The maximum absolute atomic E-state index is 11.5. The summed E-state index contributed by atoms with van der Waals surface area (Å²) in [6.07, 6.45) is 4.75. The molecule has 28 heavy (non-hydrogen) atoms. The predicted molar refractivity (Wildman–Crippen MR) is 123 cm³/mol. The summed E-state index contributed by atoms with van der Waals surface area (Å²) < 4.78 is 0. The third-order valence-corrected chi connectivity index (χ3v) is 4.78. The summed E-state index contributed by atoms with van der Waals surface area (Å²) in [6, 6.07) is 9.53. The molecule has 0 unspecified atom stereocenters. The number of nitrogens with zero attached hydrogens (tertiary/aromatic N) is 4. The van der Waals surface area contributed by atoms with Gasteiger partial charge in [-0.3, -0.25) is 14.7 Å². The Morgan fingerprint density at radius 3 is 2.32 bits per heavy atom. The largest absolute Gasteiger partial charge is 0.377 e. The molecule has 0 aliphatic carbocycles. The third kappa shape index (κ3) is 6.69. The molecule has 0 radical (unpaired) electrons. The van der Waals surface area contributed by atoms with Gasteiger partial charge in [0.1, 0.15) is 10.2 Å². The van der Waals surface area contributed by atoms with Gasteiger partial charge >= 0.3 is 0 Å². The highest BCUT2D eigenvalue weighted by molar-refractivity contribution is 7.98. The van der Waals surface area contributed by atoms with Gasteiger partial charge in [-0.1, -0.05) is 35.9 Å². The Bertz CT molecular complexity index is 835. The summed E-state index contributed by atoms with van der Waals surface area (Å²) in [6.45, 7) is 7.51. The molecule has 7 heteroatoms. The van der Waals surface area contributed by atoms with E-state index >= 15 is 0 Å². The number of amides is 1. The van der Waals surface area contributed by atoms with Crippen molar-refractivity contribution < 1.29 is 4.79 Å². The smallest absolute Gasteiger partial charge is 0.255 e. The van der Waals surface area contributed by atoms with E-state index in [0.717, 1.165) is 22.0 Å². The fraction of sp³-hybridized carbons (Fsp3) is 0.286. The lowest BCUT2D eigenvalue weighted by Gasteiger charge is -2.17. The standard InChI is InChI=1S/C12H14N2O.C9H13ClN2S/c1-4-12(15)14(9-13-3)11-7-5-10(2)6-8-11;1-6-7(12(2)3)5-8(10)11-9(6)13-4/h4-9H,1H2,2-3H3;5H,1-4H3.